The monoisotopic (exact) mass is 417 g/mol. The van der Waals surface area contributed by atoms with Crippen molar-refractivity contribution in [1.29, 1.82) is 0 Å². The van der Waals surface area contributed by atoms with Crippen molar-refractivity contribution in [1.82, 2.24) is 25.1 Å². The van der Waals surface area contributed by atoms with Crippen molar-refractivity contribution in [2.45, 2.75) is 31.5 Å². The van der Waals surface area contributed by atoms with E-state index in [1.807, 2.05) is 19.9 Å². The fourth-order valence-corrected chi connectivity index (χ4v) is 3.39. The Hall–Kier alpha value is -3.01. The van der Waals surface area contributed by atoms with Crippen molar-refractivity contribution in [3.05, 3.63) is 34.6 Å². The Morgan fingerprint density at radius 1 is 1.28 bits per heavy atom. The van der Waals surface area contributed by atoms with Crippen molar-refractivity contribution < 1.29 is 14.3 Å². The molecule has 1 atom stereocenters. The SMILES string of the molecule is CC[C@@H](C)NC(=O)CSc1n[nH]c(=O)c2cc(-c3ccc(OC)c(OC)c3)nn12. The van der Waals surface area contributed by atoms with Gasteiger partial charge in [-0.25, -0.2) is 9.61 Å². The van der Waals surface area contributed by atoms with E-state index in [1.54, 1.807) is 32.4 Å². The lowest BCUT2D eigenvalue weighted by molar-refractivity contribution is -0.119. The molecular formula is C19H23N5O4S. The summed E-state index contributed by atoms with van der Waals surface area (Å²) in [5.41, 5.74) is 1.32. The number of carbonyl (C=O) groups is 1. The highest BCUT2D eigenvalue weighted by molar-refractivity contribution is 7.99. The van der Waals surface area contributed by atoms with Gasteiger partial charge in [0, 0.05) is 11.6 Å². The lowest BCUT2D eigenvalue weighted by Gasteiger charge is -2.10. The van der Waals surface area contributed by atoms with Crippen molar-refractivity contribution in [2.75, 3.05) is 20.0 Å². The summed E-state index contributed by atoms with van der Waals surface area (Å²) in [6.07, 6.45) is 0.853. The van der Waals surface area contributed by atoms with E-state index in [2.05, 4.69) is 20.6 Å². The Bertz CT molecular complexity index is 1080. The highest BCUT2D eigenvalue weighted by Gasteiger charge is 2.15. The van der Waals surface area contributed by atoms with Crippen LogP contribution in [0.1, 0.15) is 20.3 Å². The summed E-state index contributed by atoms with van der Waals surface area (Å²) in [5.74, 6) is 1.23. The molecular weight excluding hydrogens is 394 g/mol. The molecule has 0 aliphatic heterocycles. The number of hydrogen-bond donors (Lipinski definition) is 2. The number of thioether (sulfide) groups is 1. The Labute approximate surface area is 171 Å². The van der Waals surface area contributed by atoms with Crippen LogP contribution in [0.25, 0.3) is 16.8 Å². The van der Waals surface area contributed by atoms with E-state index >= 15 is 0 Å². The number of fused-ring (bicyclic) bond motifs is 1. The minimum atomic E-state index is -0.363. The topological polar surface area (TPSA) is 111 Å². The average molecular weight is 417 g/mol. The van der Waals surface area contributed by atoms with Gasteiger partial charge in [0.25, 0.3) is 5.56 Å². The Morgan fingerprint density at radius 2 is 2.03 bits per heavy atom. The summed E-state index contributed by atoms with van der Waals surface area (Å²) in [6.45, 7) is 3.95. The van der Waals surface area contributed by atoms with Crippen LogP contribution in [0, 0.1) is 0 Å². The Kier molecular flexibility index (Phi) is 6.42. The fourth-order valence-electron chi connectivity index (χ4n) is 2.67. The van der Waals surface area contributed by atoms with Crippen molar-refractivity contribution >= 4 is 23.2 Å². The van der Waals surface area contributed by atoms with E-state index in [1.165, 1.54) is 16.3 Å². The molecule has 0 aliphatic rings. The number of methoxy groups -OCH3 is 2. The molecule has 29 heavy (non-hydrogen) atoms. The molecule has 154 valence electrons. The first kappa shape index (κ1) is 20.7. The highest BCUT2D eigenvalue weighted by Crippen LogP contribution is 2.32. The second-order valence-corrected chi connectivity index (χ2v) is 7.34. The van der Waals surface area contributed by atoms with E-state index in [0.29, 0.717) is 27.9 Å². The highest BCUT2D eigenvalue weighted by atomic mass is 32.2. The maximum absolute atomic E-state index is 12.2. The second kappa shape index (κ2) is 8.99. The second-order valence-electron chi connectivity index (χ2n) is 6.40. The number of nitrogens with one attached hydrogen (secondary N) is 2. The maximum atomic E-state index is 12.2. The van der Waals surface area contributed by atoms with Crippen LogP contribution < -0.4 is 20.3 Å². The van der Waals surface area contributed by atoms with E-state index in [0.717, 1.165) is 12.0 Å². The van der Waals surface area contributed by atoms with Gasteiger partial charge in [-0.2, -0.15) is 5.10 Å². The number of ether oxygens (including phenoxy) is 2. The van der Waals surface area contributed by atoms with Gasteiger partial charge in [-0.1, -0.05) is 18.7 Å². The minimum absolute atomic E-state index is 0.0993. The van der Waals surface area contributed by atoms with Crippen LogP contribution in [0.2, 0.25) is 0 Å². The van der Waals surface area contributed by atoms with Crippen LogP contribution in [0.3, 0.4) is 0 Å². The van der Waals surface area contributed by atoms with E-state index in [-0.39, 0.29) is 23.3 Å². The Morgan fingerprint density at radius 3 is 2.72 bits per heavy atom. The zero-order chi connectivity index (χ0) is 21.0. The first-order valence-corrected chi connectivity index (χ1v) is 10.1. The summed E-state index contributed by atoms with van der Waals surface area (Å²) in [6, 6.07) is 7.17. The van der Waals surface area contributed by atoms with Gasteiger partial charge in [0.15, 0.2) is 11.5 Å². The normalized spacial score (nSPS) is 12.0. The first-order valence-electron chi connectivity index (χ1n) is 9.09. The van der Waals surface area contributed by atoms with Crippen LogP contribution in [-0.4, -0.2) is 51.7 Å². The smallest absolute Gasteiger partial charge is 0.290 e. The zero-order valence-corrected chi connectivity index (χ0v) is 17.5. The molecule has 0 saturated carbocycles. The molecule has 2 aromatic heterocycles. The molecule has 3 aromatic rings. The summed E-state index contributed by atoms with van der Waals surface area (Å²) < 4.78 is 12.0. The molecule has 1 aromatic carbocycles. The number of H-pyrrole nitrogens is 1. The van der Waals surface area contributed by atoms with E-state index in [9.17, 15) is 9.59 Å². The van der Waals surface area contributed by atoms with Gasteiger partial charge >= 0.3 is 0 Å². The molecule has 0 unspecified atom stereocenters. The fraction of sp³-hybridized carbons (Fsp3) is 0.368. The minimum Gasteiger partial charge on any atom is -0.493 e. The van der Waals surface area contributed by atoms with Crippen LogP contribution in [0.15, 0.2) is 34.2 Å². The third-order valence-electron chi connectivity index (χ3n) is 4.41. The number of hydrogen-bond acceptors (Lipinski definition) is 7. The van der Waals surface area contributed by atoms with Gasteiger partial charge in [-0.3, -0.25) is 9.59 Å². The van der Waals surface area contributed by atoms with Gasteiger partial charge in [0.05, 0.1) is 25.7 Å². The standard InChI is InChI=1S/C19H23N5O4S/c1-5-11(2)20-17(25)10-29-19-22-21-18(26)14-9-13(23-24(14)19)12-6-7-15(27-3)16(8-12)28-4/h6-9,11H,5,10H2,1-4H3,(H,20,25)(H,21,26)/t11-/m1/s1. The zero-order valence-electron chi connectivity index (χ0n) is 16.7. The number of benzene rings is 1. The molecule has 0 fully saturated rings. The predicted octanol–water partition coefficient (Wildman–Crippen LogP) is 2.11. The predicted molar refractivity (Wildman–Crippen MR) is 111 cm³/mol. The summed E-state index contributed by atoms with van der Waals surface area (Å²) in [7, 11) is 3.12. The van der Waals surface area contributed by atoms with Gasteiger partial charge in [0.1, 0.15) is 5.52 Å². The first-order chi connectivity index (χ1) is 14.0. The van der Waals surface area contributed by atoms with Crippen LogP contribution in [-0.2, 0) is 4.79 Å². The molecule has 0 saturated heterocycles. The molecule has 10 heteroatoms. The molecule has 3 rings (SSSR count). The third-order valence-corrected chi connectivity index (χ3v) is 5.34. The summed E-state index contributed by atoms with van der Waals surface area (Å²) in [5, 5.41) is 14.3. The summed E-state index contributed by atoms with van der Waals surface area (Å²) in [4.78, 5) is 24.3. The lowest BCUT2D eigenvalue weighted by atomic mass is 10.1. The van der Waals surface area contributed by atoms with E-state index in [4.69, 9.17) is 9.47 Å². The molecule has 0 radical (unpaired) electrons. The third kappa shape index (κ3) is 4.53. The van der Waals surface area contributed by atoms with Crippen molar-refractivity contribution in [3.63, 3.8) is 0 Å². The number of aromatic nitrogens is 4. The Balaban J connectivity index is 1.91. The van der Waals surface area contributed by atoms with Gasteiger partial charge in [0.2, 0.25) is 11.1 Å². The van der Waals surface area contributed by atoms with Crippen LogP contribution >= 0.6 is 11.8 Å². The quantitative estimate of drug-likeness (QED) is 0.540. The molecule has 2 N–H and O–H groups in total. The number of rotatable bonds is 8. The van der Waals surface area contributed by atoms with Gasteiger partial charge < -0.3 is 14.8 Å². The number of aromatic amines is 1. The lowest BCUT2D eigenvalue weighted by Crippen LogP contribution is -2.33. The molecule has 2 heterocycles. The molecule has 0 aliphatic carbocycles. The largest absolute Gasteiger partial charge is 0.493 e. The molecule has 9 nitrogen and oxygen atoms in total. The van der Waals surface area contributed by atoms with Crippen LogP contribution in [0.5, 0.6) is 11.5 Å². The van der Waals surface area contributed by atoms with Crippen molar-refractivity contribution in [2.24, 2.45) is 0 Å². The summed E-state index contributed by atoms with van der Waals surface area (Å²) >= 11 is 1.20. The van der Waals surface area contributed by atoms with Gasteiger partial charge in [-0.15, -0.1) is 5.10 Å². The molecule has 0 bridgehead atoms. The van der Waals surface area contributed by atoms with Crippen molar-refractivity contribution in [3.8, 4) is 22.8 Å². The number of nitrogens with zero attached hydrogens (tertiary/aromatic N) is 3. The van der Waals surface area contributed by atoms with Gasteiger partial charge in [-0.05, 0) is 37.6 Å². The maximum Gasteiger partial charge on any atom is 0.290 e. The average Bonchev–Trinajstić information content (AvgIpc) is 3.19. The number of carbonyl (C=O) groups excluding carboxylic acids is 1. The van der Waals surface area contributed by atoms with Crippen LogP contribution in [0.4, 0.5) is 0 Å². The molecule has 1 amide bonds. The number of amides is 1. The molecule has 0 spiro atoms. The van der Waals surface area contributed by atoms with E-state index < -0.39 is 0 Å².